The van der Waals surface area contributed by atoms with Gasteiger partial charge in [-0.3, -0.25) is 24.2 Å². The topological polar surface area (TPSA) is 101 Å². The number of carbonyl (C=O) groups excluding carboxylic acids is 2. The molecule has 2 aromatic rings. The van der Waals surface area contributed by atoms with Crippen molar-refractivity contribution in [3.8, 4) is 0 Å². The lowest BCUT2D eigenvalue weighted by Crippen LogP contribution is -2.56. The summed E-state index contributed by atoms with van der Waals surface area (Å²) in [5.74, 6) is -0.214. The molecule has 0 aromatic carbocycles. The number of carbonyl (C=O) groups is 2. The third-order valence-electron chi connectivity index (χ3n) is 11.4. The van der Waals surface area contributed by atoms with Gasteiger partial charge in [-0.1, -0.05) is 19.4 Å². The Hall–Kier alpha value is -3.60. The second-order valence-corrected chi connectivity index (χ2v) is 14.5. The molecule has 10 nitrogen and oxygen atoms in total. The van der Waals surface area contributed by atoms with E-state index in [2.05, 4.69) is 77.0 Å². The van der Waals surface area contributed by atoms with Crippen LogP contribution >= 0.6 is 0 Å². The first-order valence-corrected chi connectivity index (χ1v) is 17.4. The number of rotatable bonds is 10. The quantitative estimate of drug-likeness (QED) is 0.262. The summed E-state index contributed by atoms with van der Waals surface area (Å²) in [5, 5.41) is 10.6. The van der Waals surface area contributed by atoms with Gasteiger partial charge in [-0.25, -0.2) is 0 Å². The van der Waals surface area contributed by atoms with E-state index in [0.29, 0.717) is 47.2 Å². The van der Waals surface area contributed by atoms with Gasteiger partial charge in [0.15, 0.2) is 0 Å². The van der Waals surface area contributed by atoms with Gasteiger partial charge in [-0.05, 0) is 94.8 Å². The number of anilines is 2. The summed E-state index contributed by atoms with van der Waals surface area (Å²) in [7, 11) is 2.27. The molecule has 3 unspecified atom stereocenters. The van der Waals surface area contributed by atoms with Crippen molar-refractivity contribution in [1.82, 2.24) is 19.7 Å². The highest BCUT2D eigenvalue weighted by Crippen LogP contribution is 2.48. The lowest BCUT2D eigenvalue weighted by atomic mass is 9.63. The maximum atomic E-state index is 13.4. The third-order valence-corrected chi connectivity index (χ3v) is 11.4. The Kier molecular flexibility index (Phi) is 9.82. The molecule has 252 valence electrons. The molecule has 1 aliphatic carbocycles. The van der Waals surface area contributed by atoms with Crippen LogP contribution in [0, 0.1) is 12.3 Å². The zero-order valence-corrected chi connectivity index (χ0v) is 28.8. The Balaban J connectivity index is 1.07. The van der Waals surface area contributed by atoms with Gasteiger partial charge >= 0.3 is 0 Å². The number of amides is 2. The van der Waals surface area contributed by atoms with Crippen LogP contribution < -0.4 is 10.6 Å². The zero-order valence-electron chi connectivity index (χ0n) is 28.8. The molecule has 2 saturated heterocycles. The van der Waals surface area contributed by atoms with Crippen molar-refractivity contribution in [3.63, 3.8) is 0 Å². The fourth-order valence-corrected chi connectivity index (χ4v) is 7.45. The summed E-state index contributed by atoms with van der Waals surface area (Å²) in [5.41, 5.74) is 5.40. The van der Waals surface area contributed by atoms with Gasteiger partial charge in [0.25, 0.3) is 5.91 Å². The Morgan fingerprint density at radius 3 is 2.57 bits per heavy atom. The lowest BCUT2D eigenvalue weighted by molar-refractivity contribution is -0.937. The number of hydrogen-bond donors (Lipinski definition) is 2. The van der Waals surface area contributed by atoms with Gasteiger partial charge in [0, 0.05) is 23.8 Å². The Labute approximate surface area is 279 Å². The van der Waals surface area contributed by atoms with Crippen LogP contribution in [0.1, 0.15) is 76.6 Å². The minimum atomic E-state index is -0.169. The molecular formula is C37H52N7O3+. The lowest BCUT2D eigenvalue weighted by Gasteiger charge is -2.47. The minimum Gasteiger partial charge on any atom is -0.377 e. The standard InChI is InChI=1S/C37H51N7O3/c1-6-33-9-8-29(30-20-39-43(22-30)32-24-47-25-32)18-27(3)44(33,5)17-10-26(2)36(46)41-34-19-31(21-38-28(34)4)40-35(45)23-42-15-13-37(14-16-42)11-7-12-37/h8-10,18-22,27,32-33H,6-7,11-17,23-25H2,1-5H3,(H-,40,41,45,46)/p+1. The number of likely N-dealkylation sites (N-methyl/N-ethyl adjacent to an activating group) is 1. The van der Waals surface area contributed by atoms with Crippen molar-refractivity contribution in [2.24, 2.45) is 5.41 Å². The number of likely N-dealkylation sites (tertiary alicyclic amines) is 1. The second-order valence-electron chi connectivity index (χ2n) is 14.5. The van der Waals surface area contributed by atoms with E-state index in [0.717, 1.165) is 42.8 Å². The smallest absolute Gasteiger partial charge is 0.251 e. The van der Waals surface area contributed by atoms with E-state index >= 15 is 0 Å². The van der Waals surface area contributed by atoms with Crippen LogP contribution in [0.25, 0.3) is 5.57 Å². The first-order valence-electron chi connectivity index (χ1n) is 17.4. The maximum absolute atomic E-state index is 13.4. The van der Waals surface area contributed by atoms with Crippen LogP contribution in [0.15, 0.2) is 54.5 Å². The second kappa shape index (κ2) is 13.9. The third kappa shape index (κ3) is 7.29. The number of quaternary nitrogens is 1. The van der Waals surface area contributed by atoms with E-state index in [1.165, 1.54) is 37.7 Å². The van der Waals surface area contributed by atoms with Crippen LogP contribution in [-0.4, -0.2) is 94.5 Å². The number of allylic oxidation sites excluding steroid dienone is 2. The maximum Gasteiger partial charge on any atom is 0.251 e. The van der Waals surface area contributed by atoms with E-state index in [1.807, 2.05) is 24.7 Å². The molecule has 1 spiro atoms. The number of nitrogens with one attached hydrogen (secondary N) is 2. The number of aryl methyl sites for hydroxylation is 1. The molecule has 4 aliphatic rings. The highest BCUT2D eigenvalue weighted by Gasteiger charge is 2.40. The molecular weight excluding hydrogens is 590 g/mol. The van der Waals surface area contributed by atoms with Crippen LogP contribution in [0.5, 0.6) is 0 Å². The van der Waals surface area contributed by atoms with Crippen molar-refractivity contribution in [2.45, 2.75) is 84.3 Å². The van der Waals surface area contributed by atoms with Crippen molar-refractivity contribution in [2.75, 3.05) is 57.1 Å². The van der Waals surface area contributed by atoms with E-state index in [-0.39, 0.29) is 23.9 Å². The van der Waals surface area contributed by atoms with E-state index in [4.69, 9.17) is 4.74 Å². The normalized spacial score (nSPS) is 26.2. The van der Waals surface area contributed by atoms with Crippen molar-refractivity contribution in [3.05, 3.63) is 65.8 Å². The predicted octanol–water partition coefficient (Wildman–Crippen LogP) is 5.51. The predicted molar refractivity (Wildman–Crippen MR) is 186 cm³/mol. The molecule has 0 radical (unpaired) electrons. The number of piperidine rings is 1. The fourth-order valence-electron chi connectivity index (χ4n) is 7.45. The van der Waals surface area contributed by atoms with Crippen LogP contribution in [-0.2, 0) is 14.3 Å². The van der Waals surface area contributed by atoms with Crippen molar-refractivity contribution in [1.29, 1.82) is 0 Å². The molecule has 10 heteroatoms. The Morgan fingerprint density at radius 1 is 1.15 bits per heavy atom. The minimum absolute atomic E-state index is 0.0457. The Bertz CT molecular complexity index is 1560. The molecule has 1 saturated carbocycles. The van der Waals surface area contributed by atoms with E-state index in [9.17, 15) is 9.59 Å². The molecule has 3 aliphatic heterocycles. The van der Waals surface area contributed by atoms with Gasteiger partial charge in [-0.15, -0.1) is 0 Å². The van der Waals surface area contributed by atoms with Gasteiger partial charge < -0.3 is 19.9 Å². The van der Waals surface area contributed by atoms with E-state index in [1.54, 1.807) is 12.3 Å². The molecule has 2 N–H and O–H groups in total. The molecule has 2 amide bonds. The van der Waals surface area contributed by atoms with Gasteiger partial charge in [0.2, 0.25) is 5.91 Å². The highest BCUT2D eigenvalue weighted by atomic mass is 16.5. The highest BCUT2D eigenvalue weighted by molar-refractivity contribution is 6.04. The molecule has 0 bridgehead atoms. The summed E-state index contributed by atoms with van der Waals surface area (Å²) < 4.78 is 8.11. The van der Waals surface area contributed by atoms with E-state index < -0.39 is 0 Å². The number of nitrogens with zero attached hydrogens (tertiary/aromatic N) is 5. The van der Waals surface area contributed by atoms with Gasteiger partial charge in [0.05, 0.1) is 68.9 Å². The number of aromatic nitrogens is 3. The van der Waals surface area contributed by atoms with Crippen LogP contribution in [0.2, 0.25) is 0 Å². The number of hydrogen-bond acceptors (Lipinski definition) is 6. The van der Waals surface area contributed by atoms with Crippen LogP contribution in [0.3, 0.4) is 0 Å². The molecule has 3 fully saturated rings. The summed E-state index contributed by atoms with van der Waals surface area (Å²) in [6.45, 7) is 12.7. The SMILES string of the molecule is CCC1C=CC(c2cnn(C3COC3)c2)=CC(C)[N+]1(C)CC=C(C)C(=O)Nc1cc(NC(=O)CN2CCC3(CCC3)CC2)cnc1C. The first kappa shape index (κ1) is 33.3. The average Bonchev–Trinajstić information content (AvgIpc) is 3.44. The zero-order chi connectivity index (χ0) is 33.2. The number of ether oxygens (including phenoxy) is 1. The first-order chi connectivity index (χ1) is 22.6. The summed E-state index contributed by atoms with van der Waals surface area (Å²) in [6, 6.07) is 2.63. The van der Waals surface area contributed by atoms with Gasteiger partial charge in [0.1, 0.15) is 12.1 Å². The fraction of sp³-hybridized carbons (Fsp3) is 0.568. The molecule has 47 heavy (non-hydrogen) atoms. The van der Waals surface area contributed by atoms with Crippen molar-refractivity contribution >= 4 is 28.8 Å². The molecule has 2 aromatic heterocycles. The largest absolute Gasteiger partial charge is 0.377 e. The summed E-state index contributed by atoms with van der Waals surface area (Å²) in [4.78, 5) is 33.0. The average molecular weight is 643 g/mol. The van der Waals surface area contributed by atoms with Crippen LogP contribution in [0.4, 0.5) is 11.4 Å². The molecule has 6 rings (SSSR count). The molecule has 3 atom stereocenters. The molecule has 5 heterocycles. The van der Waals surface area contributed by atoms with Crippen molar-refractivity contribution < 1.29 is 18.8 Å². The van der Waals surface area contributed by atoms with Gasteiger partial charge in [-0.2, -0.15) is 5.10 Å². The number of pyridine rings is 1. The summed E-state index contributed by atoms with van der Waals surface area (Å²) in [6.07, 6.45) is 22.1. The Morgan fingerprint density at radius 2 is 1.91 bits per heavy atom. The summed E-state index contributed by atoms with van der Waals surface area (Å²) >= 11 is 0. The monoisotopic (exact) mass is 642 g/mol.